The summed E-state index contributed by atoms with van der Waals surface area (Å²) in [7, 11) is 0. The number of guanidine groups is 3. The topological polar surface area (TPSA) is 468 Å². The van der Waals surface area contributed by atoms with Gasteiger partial charge >= 0.3 is 0 Å². The van der Waals surface area contributed by atoms with E-state index in [0.29, 0.717) is 28.3 Å². The summed E-state index contributed by atoms with van der Waals surface area (Å²) in [6, 6.07) is 12.9. The fourth-order valence-corrected chi connectivity index (χ4v) is 8.47. The van der Waals surface area contributed by atoms with E-state index in [9.17, 15) is 33.6 Å². The van der Waals surface area contributed by atoms with E-state index in [-0.39, 0.29) is 95.3 Å². The molecule has 0 spiro atoms. The van der Waals surface area contributed by atoms with E-state index in [1.54, 1.807) is 48.8 Å². The van der Waals surface area contributed by atoms with Crippen LogP contribution >= 0.6 is 11.6 Å². The van der Waals surface area contributed by atoms with Gasteiger partial charge in [0.25, 0.3) is 0 Å². The number of primary amides is 1. The lowest BCUT2D eigenvalue weighted by Gasteiger charge is -2.27. The van der Waals surface area contributed by atoms with Crippen molar-refractivity contribution in [1.82, 2.24) is 36.6 Å². The van der Waals surface area contributed by atoms with Crippen molar-refractivity contribution in [3.8, 4) is 0 Å². The average Bonchev–Trinajstić information content (AvgIpc) is 4.01. The van der Waals surface area contributed by atoms with E-state index < -0.39 is 77.6 Å². The molecule has 6 atom stereocenters. The number of para-hydroxylation sites is 2. The molecule has 0 aliphatic heterocycles. The third-order valence-corrected chi connectivity index (χ3v) is 12.6. The Balaban J connectivity index is 1.49. The number of carbonyl (C=O) groups excluding carboxylic acids is 7. The molecule has 26 nitrogen and oxygen atoms in total. The molecule has 0 unspecified atom stereocenters. The highest BCUT2D eigenvalue weighted by molar-refractivity contribution is 6.30. The molecule has 3 aromatic carbocycles. The fourth-order valence-electron chi connectivity index (χ4n) is 8.34. The van der Waals surface area contributed by atoms with Crippen LogP contribution in [0.1, 0.15) is 62.5 Å². The normalized spacial score (nSPS) is 13.3. The number of hydrogen-bond acceptors (Lipinski definition) is 11. The summed E-state index contributed by atoms with van der Waals surface area (Å²) in [5.41, 5.74) is 47.9. The number of halogens is 1. The van der Waals surface area contributed by atoms with Crippen LogP contribution in [-0.4, -0.2) is 125 Å². The number of nitrogens with zero attached hydrogens (tertiary/aromatic N) is 3. The van der Waals surface area contributed by atoms with Gasteiger partial charge in [-0.2, -0.15) is 0 Å². The first kappa shape index (κ1) is 60.0. The van der Waals surface area contributed by atoms with Gasteiger partial charge in [-0.05, 0) is 92.5 Å². The van der Waals surface area contributed by atoms with Crippen LogP contribution in [0, 0.1) is 0 Å². The van der Waals surface area contributed by atoms with Crippen LogP contribution in [0.25, 0.3) is 21.8 Å². The predicted molar refractivity (Wildman–Crippen MR) is 300 cm³/mol. The molecule has 0 radical (unpaired) electrons. The van der Waals surface area contributed by atoms with Crippen molar-refractivity contribution < 1.29 is 33.6 Å². The Bertz CT molecular complexity index is 2950. The van der Waals surface area contributed by atoms with Crippen molar-refractivity contribution >= 4 is 98.3 Å². The smallest absolute Gasteiger partial charge is 0.243 e. The number of H-pyrrole nitrogens is 2. The van der Waals surface area contributed by atoms with E-state index in [0.717, 1.165) is 21.8 Å². The highest BCUT2D eigenvalue weighted by atomic mass is 35.5. The van der Waals surface area contributed by atoms with Gasteiger partial charge in [-0.25, -0.2) is 0 Å². The van der Waals surface area contributed by atoms with Crippen LogP contribution < -0.4 is 77.8 Å². The zero-order chi connectivity index (χ0) is 56.7. The molecule has 2 heterocycles. The molecule has 0 aliphatic rings. The SMILES string of the molecule is NC(=O)[C@H](CCCN=C(N)N)NC(=O)[C@H](Cc1c[nH]c2ccccc12)NC(=O)[C@H](CCC(=O)Nc1ccc(Cl)cc1)NC(=O)[C@H](Cc1c[nH]c2ccccc12)NC(=O)[C@H](CCCN=C(N)N)NC(=O)[C@@H](N)CCCN=C(N)N. The van der Waals surface area contributed by atoms with Crippen LogP contribution in [-0.2, 0) is 46.4 Å². The van der Waals surface area contributed by atoms with Crippen LogP contribution in [0.5, 0.6) is 0 Å². The maximum Gasteiger partial charge on any atom is 0.243 e. The molecule has 418 valence electrons. The number of carbonyl (C=O) groups is 7. The number of amides is 7. The van der Waals surface area contributed by atoms with Gasteiger partial charge in [0, 0.05) is 83.8 Å². The quantitative estimate of drug-likeness (QED) is 0.0142. The van der Waals surface area contributed by atoms with Crippen LogP contribution in [0.3, 0.4) is 0 Å². The monoisotopic (exact) mass is 1100 g/mol. The average molecular weight is 1100 g/mol. The standard InChI is InChI=1S/C51H70ClN19O7/c52-30-15-17-31(18-16-30)66-42(72)20-19-39(46(76)71-40(24-28-26-64-35-11-3-1-8-32(28)35)47(77)67-37(43(54)73)13-6-22-62-50(57)58)69-48(78)41(25-29-27-65-36-12-4-2-9-33(29)36)70-45(75)38(14-7-23-63-51(59)60)68-44(74)34(53)10-5-21-61-49(55)56/h1-4,8-9,11-12,15-18,26-27,34,37-41,64-65H,5-7,10,13-14,19-25,53H2,(H2,54,73)(H,66,72)(H,67,77)(H,68,74)(H,69,78)(H,70,75)(H,71,76)(H4,55,56,61)(H4,57,58,62)(H4,59,60,63)/t34-,37-,38-,39-,40-,41-/m0/s1. The van der Waals surface area contributed by atoms with Crippen molar-refractivity contribution in [2.75, 3.05) is 25.0 Å². The molecule has 0 saturated carbocycles. The molecule has 24 N–H and O–H groups in total. The molecule has 0 fully saturated rings. The zero-order valence-corrected chi connectivity index (χ0v) is 43.7. The summed E-state index contributed by atoms with van der Waals surface area (Å²) in [5, 5.41) is 18.3. The van der Waals surface area contributed by atoms with Gasteiger partial charge in [0.1, 0.15) is 30.2 Å². The molecule has 78 heavy (non-hydrogen) atoms. The maximum atomic E-state index is 14.9. The van der Waals surface area contributed by atoms with Crippen molar-refractivity contribution in [2.45, 2.75) is 100 Å². The third-order valence-electron chi connectivity index (χ3n) is 12.4. The van der Waals surface area contributed by atoms with E-state index in [4.69, 9.17) is 57.5 Å². The molecular formula is C51H70ClN19O7. The summed E-state index contributed by atoms with van der Waals surface area (Å²) in [5.74, 6) is -5.91. The van der Waals surface area contributed by atoms with E-state index in [1.807, 2.05) is 36.4 Å². The van der Waals surface area contributed by atoms with E-state index in [2.05, 4.69) is 56.8 Å². The zero-order valence-electron chi connectivity index (χ0n) is 42.9. The van der Waals surface area contributed by atoms with Gasteiger partial charge in [-0.1, -0.05) is 48.0 Å². The number of nitrogens with two attached hydrogens (primary N) is 8. The molecule has 5 rings (SSSR count). The highest BCUT2D eigenvalue weighted by Crippen LogP contribution is 2.22. The molecule has 0 aliphatic carbocycles. The summed E-state index contributed by atoms with van der Waals surface area (Å²) in [4.78, 5) is 116. The number of aromatic amines is 2. The minimum atomic E-state index is -1.55. The maximum absolute atomic E-state index is 14.9. The minimum absolute atomic E-state index is 0.00296. The third kappa shape index (κ3) is 19.3. The van der Waals surface area contributed by atoms with Gasteiger partial charge in [-0.15, -0.1) is 0 Å². The Morgan fingerprint density at radius 2 is 0.885 bits per heavy atom. The number of anilines is 1. The molecular weight excluding hydrogens is 1030 g/mol. The first-order valence-corrected chi connectivity index (χ1v) is 25.5. The number of aromatic nitrogens is 2. The first-order chi connectivity index (χ1) is 37.3. The summed E-state index contributed by atoms with van der Waals surface area (Å²) >= 11 is 6.07. The lowest BCUT2D eigenvalue weighted by molar-refractivity contribution is -0.135. The highest BCUT2D eigenvalue weighted by Gasteiger charge is 2.34. The molecule has 5 aromatic rings. The second-order valence-corrected chi connectivity index (χ2v) is 18.8. The Morgan fingerprint density at radius 3 is 1.36 bits per heavy atom. The second-order valence-electron chi connectivity index (χ2n) is 18.4. The molecule has 7 amide bonds. The van der Waals surface area contributed by atoms with Crippen LogP contribution in [0.15, 0.2) is 100 Å². The molecule has 0 saturated heterocycles. The number of benzene rings is 3. The van der Waals surface area contributed by atoms with E-state index in [1.165, 1.54) is 0 Å². The summed E-state index contributed by atoms with van der Waals surface area (Å²) in [6.45, 7) is 0.437. The largest absolute Gasteiger partial charge is 0.370 e. The molecule has 27 heteroatoms. The van der Waals surface area contributed by atoms with E-state index >= 15 is 0 Å². The lowest BCUT2D eigenvalue weighted by atomic mass is 10.0. The fraction of sp³-hybridized carbons (Fsp3) is 0.373. The summed E-state index contributed by atoms with van der Waals surface area (Å²) in [6.07, 6.45) is 3.44. The Labute approximate surface area is 454 Å². The number of fused-ring (bicyclic) bond motifs is 2. The number of hydrogen-bond donors (Lipinski definition) is 16. The second kappa shape index (κ2) is 30.0. The van der Waals surface area contributed by atoms with Crippen LogP contribution in [0.2, 0.25) is 5.02 Å². The van der Waals surface area contributed by atoms with Gasteiger partial charge in [0.2, 0.25) is 41.4 Å². The van der Waals surface area contributed by atoms with Gasteiger partial charge < -0.3 is 87.7 Å². The number of nitrogens with one attached hydrogen (secondary N) is 8. The van der Waals surface area contributed by atoms with Gasteiger partial charge in [-0.3, -0.25) is 48.5 Å². The minimum Gasteiger partial charge on any atom is -0.370 e. The molecule has 0 bridgehead atoms. The predicted octanol–water partition coefficient (Wildman–Crippen LogP) is -1.10. The van der Waals surface area contributed by atoms with Crippen LogP contribution in [0.4, 0.5) is 5.69 Å². The number of aliphatic imine (C=N–C) groups is 3. The van der Waals surface area contributed by atoms with Gasteiger partial charge in [0.05, 0.1) is 6.04 Å². The van der Waals surface area contributed by atoms with Gasteiger partial charge in [0.15, 0.2) is 17.9 Å². The van der Waals surface area contributed by atoms with Crippen molar-refractivity contribution in [3.05, 3.63) is 101 Å². The Morgan fingerprint density at radius 1 is 0.487 bits per heavy atom. The van der Waals surface area contributed by atoms with Crippen molar-refractivity contribution in [1.29, 1.82) is 0 Å². The lowest BCUT2D eigenvalue weighted by Crippen LogP contribution is -2.60. The first-order valence-electron chi connectivity index (χ1n) is 25.2. The Hall–Kier alpha value is -8.91. The Kier molecular flexibility index (Phi) is 23.1. The van der Waals surface area contributed by atoms with Crippen molar-refractivity contribution in [2.24, 2.45) is 60.8 Å². The summed E-state index contributed by atoms with van der Waals surface area (Å²) < 4.78 is 0. The van der Waals surface area contributed by atoms with Crippen molar-refractivity contribution in [3.63, 3.8) is 0 Å². The number of rotatable bonds is 31. The molecule has 2 aromatic heterocycles.